The van der Waals surface area contributed by atoms with Crippen LogP contribution >= 0.6 is 0 Å². The molecule has 1 heterocycles. The Morgan fingerprint density at radius 2 is 2.09 bits per heavy atom. The molecule has 0 fully saturated rings. The average molecular weight is 312 g/mol. The van der Waals surface area contributed by atoms with Gasteiger partial charge in [0, 0.05) is 30.6 Å². The third-order valence-electron chi connectivity index (χ3n) is 3.73. The van der Waals surface area contributed by atoms with Gasteiger partial charge in [0.05, 0.1) is 18.2 Å². The Hall–Kier alpha value is -2.58. The quantitative estimate of drug-likeness (QED) is 0.737. The number of ether oxygens (including phenoxy) is 2. The van der Waals surface area contributed by atoms with Gasteiger partial charge in [-0.3, -0.25) is 4.79 Å². The van der Waals surface area contributed by atoms with Gasteiger partial charge in [0.15, 0.2) is 6.61 Å². The maximum atomic E-state index is 12.4. The van der Waals surface area contributed by atoms with E-state index in [0.29, 0.717) is 30.0 Å². The van der Waals surface area contributed by atoms with E-state index in [0.717, 1.165) is 11.4 Å². The number of hydrogen-bond acceptors (Lipinski definition) is 4. The number of ketones is 1. The van der Waals surface area contributed by atoms with Crippen LogP contribution in [0.1, 0.15) is 27.3 Å². The summed E-state index contributed by atoms with van der Waals surface area (Å²) < 4.78 is 12.7. The SMILES string of the molecule is COCCn1c(C)cc(C(=O)COc2cccc(C#N)c2)c1C. The predicted octanol–water partition coefficient (Wildman–Crippen LogP) is 2.88. The minimum atomic E-state index is -0.0795. The van der Waals surface area contributed by atoms with Crippen LogP contribution in [0.5, 0.6) is 5.75 Å². The zero-order valence-corrected chi connectivity index (χ0v) is 13.6. The van der Waals surface area contributed by atoms with E-state index in [1.807, 2.05) is 26.0 Å². The van der Waals surface area contributed by atoms with Crippen LogP contribution in [0.3, 0.4) is 0 Å². The first kappa shape index (κ1) is 16.8. The van der Waals surface area contributed by atoms with Gasteiger partial charge in [-0.15, -0.1) is 0 Å². The number of carbonyl (C=O) groups is 1. The third-order valence-corrected chi connectivity index (χ3v) is 3.73. The fourth-order valence-corrected chi connectivity index (χ4v) is 2.49. The Bertz CT molecular complexity index is 741. The fourth-order valence-electron chi connectivity index (χ4n) is 2.49. The molecule has 0 bridgehead atoms. The van der Waals surface area contributed by atoms with Crippen LogP contribution in [0.2, 0.25) is 0 Å². The van der Waals surface area contributed by atoms with E-state index in [-0.39, 0.29) is 12.4 Å². The molecule has 0 saturated carbocycles. The molecule has 120 valence electrons. The van der Waals surface area contributed by atoms with E-state index in [1.54, 1.807) is 31.4 Å². The number of methoxy groups -OCH3 is 1. The van der Waals surface area contributed by atoms with Crippen LogP contribution in [-0.4, -0.2) is 30.7 Å². The van der Waals surface area contributed by atoms with Crippen LogP contribution in [-0.2, 0) is 11.3 Å². The van der Waals surface area contributed by atoms with Gasteiger partial charge in [-0.25, -0.2) is 0 Å². The molecular weight excluding hydrogens is 292 g/mol. The largest absolute Gasteiger partial charge is 0.485 e. The molecule has 0 unspecified atom stereocenters. The number of aromatic nitrogens is 1. The summed E-state index contributed by atoms with van der Waals surface area (Å²) in [4.78, 5) is 12.4. The summed E-state index contributed by atoms with van der Waals surface area (Å²) in [6, 6.07) is 10.7. The second-order valence-corrected chi connectivity index (χ2v) is 5.28. The topological polar surface area (TPSA) is 64.2 Å². The van der Waals surface area contributed by atoms with Crippen molar-refractivity contribution in [3.05, 3.63) is 52.8 Å². The minimum absolute atomic E-state index is 0.0521. The first-order valence-electron chi connectivity index (χ1n) is 7.38. The summed E-state index contributed by atoms with van der Waals surface area (Å²) in [5.41, 5.74) is 3.11. The summed E-state index contributed by atoms with van der Waals surface area (Å²) in [5, 5.41) is 8.87. The molecule has 1 aromatic heterocycles. The normalized spacial score (nSPS) is 10.3. The van der Waals surface area contributed by atoms with Gasteiger partial charge in [-0.1, -0.05) is 6.07 Å². The zero-order chi connectivity index (χ0) is 16.8. The predicted molar refractivity (Wildman–Crippen MR) is 86.8 cm³/mol. The van der Waals surface area contributed by atoms with Crippen molar-refractivity contribution in [3.8, 4) is 11.8 Å². The van der Waals surface area contributed by atoms with E-state index in [2.05, 4.69) is 4.57 Å². The highest BCUT2D eigenvalue weighted by atomic mass is 16.5. The molecule has 0 aliphatic carbocycles. The van der Waals surface area contributed by atoms with E-state index in [1.165, 1.54) is 0 Å². The second-order valence-electron chi connectivity index (χ2n) is 5.28. The molecule has 0 radical (unpaired) electrons. The molecule has 2 aromatic rings. The first-order chi connectivity index (χ1) is 11.1. The maximum absolute atomic E-state index is 12.4. The Morgan fingerprint density at radius 3 is 2.78 bits per heavy atom. The van der Waals surface area contributed by atoms with Gasteiger partial charge in [-0.05, 0) is 38.1 Å². The van der Waals surface area contributed by atoms with Crippen molar-refractivity contribution < 1.29 is 14.3 Å². The lowest BCUT2D eigenvalue weighted by Gasteiger charge is -2.09. The summed E-state index contributed by atoms with van der Waals surface area (Å²) in [6.45, 7) is 5.15. The molecule has 1 aromatic carbocycles. The molecule has 2 rings (SSSR count). The monoisotopic (exact) mass is 312 g/mol. The van der Waals surface area contributed by atoms with Crippen LogP contribution in [0.25, 0.3) is 0 Å². The highest BCUT2D eigenvalue weighted by molar-refractivity contribution is 5.98. The number of rotatable bonds is 7. The molecule has 23 heavy (non-hydrogen) atoms. The Labute approximate surface area is 136 Å². The third kappa shape index (κ3) is 3.99. The smallest absolute Gasteiger partial charge is 0.202 e. The van der Waals surface area contributed by atoms with Crippen molar-refractivity contribution in [2.24, 2.45) is 0 Å². The number of nitrogens with zero attached hydrogens (tertiary/aromatic N) is 2. The minimum Gasteiger partial charge on any atom is -0.485 e. The van der Waals surface area contributed by atoms with Crippen molar-refractivity contribution in [2.45, 2.75) is 20.4 Å². The van der Waals surface area contributed by atoms with E-state index in [4.69, 9.17) is 14.7 Å². The van der Waals surface area contributed by atoms with Gasteiger partial charge in [0.1, 0.15) is 5.75 Å². The van der Waals surface area contributed by atoms with Crippen LogP contribution in [0, 0.1) is 25.2 Å². The number of hydrogen-bond donors (Lipinski definition) is 0. The molecule has 0 amide bonds. The average Bonchev–Trinajstić information content (AvgIpc) is 2.85. The van der Waals surface area contributed by atoms with E-state index < -0.39 is 0 Å². The van der Waals surface area contributed by atoms with Gasteiger partial charge in [-0.2, -0.15) is 5.26 Å². The number of aryl methyl sites for hydroxylation is 1. The number of benzene rings is 1. The molecule has 5 heteroatoms. The van der Waals surface area contributed by atoms with Gasteiger partial charge < -0.3 is 14.0 Å². The Kier molecular flexibility index (Phi) is 5.56. The summed E-state index contributed by atoms with van der Waals surface area (Å²) in [7, 11) is 1.66. The molecule has 0 atom stereocenters. The number of carbonyl (C=O) groups excluding carboxylic acids is 1. The van der Waals surface area contributed by atoms with Crippen LogP contribution in [0.15, 0.2) is 30.3 Å². The number of nitriles is 1. The maximum Gasteiger partial charge on any atom is 0.202 e. The first-order valence-corrected chi connectivity index (χ1v) is 7.38. The van der Waals surface area contributed by atoms with Crippen molar-refractivity contribution in [2.75, 3.05) is 20.3 Å². The molecule has 0 aliphatic heterocycles. The highest BCUT2D eigenvalue weighted by Gasteiger charge is 2.16. The second kappa shape index (κ2) is 7.61. The number of Topliss-reactive ketones (excluding diaryl/α,β-unsaturated/α-hetero) is 1. The fraction of sp³-hybridized carbons (Fsp3) is 0.333. The summed E-state index contributed by atoms with van der Waals surface area (Å²) in [6.07, 6.45) is 0. The van der Waals surface area contributed by atoms with Crippen molar-refractivity contribution >= 4 is 5.78 Å². The van der Waals surface area contributed by atoms with E-state index >= 15 is 0 Å². The van der Waals surface area contributed by atoms with Crippen molar-refractivity contribution in [1.82, 2.24) is 4.57 Å². The molecular formula is C18H20N2O3. The van der Waals surface area contributed by atoms with Crippen LogP contribution < -0.4 is 4.74 Å². The van der Waals surface area contributed by atoms with Gasteiger partial charge >= 0.3 is 0 Å². The van der Waals surface area contributed by atoms with Crippen LogP contribution in [0.4, 0.5) is 0 Å². The molecule has 0 saturated heterocycles. The standard InChI is InChI=1S/C18H20N2O3/c1-13-9-17(14(2)20(13)7-8-22-3)18(21)12-23-16-6-4-5-15(10-16)11-19/h4-6,9-10H,7-8,12H2,1-3H3. The Balaban J connectivity index is 2.07. The zero-order valence-electron chi connectivity index (χ0n) is 13.6. The van der Waals surface area contributed by atoms with E-state index in [9.17, 15) is 4.79 Å². The molecule has 0 spiro atoms. The van der Waals surface area contributed by atoms with Crippen molar-refractivity contribution in [3.63, 3.8) is 0 Å². The van der Waals surface area contributed by atoms with Gasteiger partial charge in [0.2, 0.25) is 5.78 Å². The lowest BCUT2D eigenvalue weighted by atomic mass is 10.1. The Morgan fingerprint density at radius 1 is 1.30 bits per heavy atom. The molecule has 0 aliphatic rings. The molecule has 5 nitrogen and oxygen atoms in total. The van der Waals surface area contributed by atoms with Crippen molar-refractivity contribution in [1.29, 1.82) is 5.26 Å². The lowest BCUT2D eigenvalue weighted by Crippen LogP contribution is -2.13. The summed E-state index contributed by atoms with van der Waals surface area (Å²) in [5.74, 6) is 0.440. The molecule has 0 N–H and O–H groups in total. The highest BCUT2D eigenvalue weighted by Crippen LogP contribution is 2.17. The summed E-state index contributed by atoms with van der Waals surface area (Å²) >= 11 is 0. The van der Waals surface area contributed by atoms with Gasteiger partial charge in [0.25, 0.3) is 0 Å². The lowest BCUT2D eigenvalue weighted by molar-refractivity contribution is 0.0920.